The van der Waals surface area contributed by atoms with Crippen LogP contribution in [-0.4, -0.2) is 18.6 Å². The van der Waals surface area contributed by atoms with E-state index in [1.54, 1.807) is 12.1 Å². The molecule has 0 spiro atoms. The number of nitrogens with two attached hydrogens (primary N) is 1. The first-order valence-electron chi connectivity index (χ1n) is 5.25. The number of nitrogens with one attached hydrogen (secondary N) is 2. The Morgan fingerprint density at radius 1 is 1.39 bits per heavy atom. The molecule has 0 aliphatic rings. The van der Waals surface area contributed by atoms with Gasteiger partial charge in [-0.25, -0.2) is 0 Å². The molecule has 0 fully saturated rings. The van der Waals surface area contributed by atoms with Gasteiger partial charge >= 0.3 is 6.18 Å². The molecule has 1 rings (SSSR count). The van der Waals surface area contributed by atoms with Gasteiger partial charge in [0, 0.05) is 6.54 Å². The minimum absolute atomic E-state index is 0.213. The monoisotopic (exact) mass is 261 g/mol. The predicted molar refractivity (Wildman–Crippen MR) is 62.0 cm³/mol. The zero-order valence-electron chi connectivity index (χ0n) is 9.77. The third-order valence-corrected chi connectivity index (χ3v) is 2.27. The summed E-state index contributed by atoms with van der Waals surface area (Å²) >= 11 is 0. The van der Waals surface area contributed by atoms with Crippen LogP contribution < -0.4 is 16.6 Å². The van der Waals surface area contributed by atoms with E-state index in [1.165, 1.54) is 6.07 Å². The predicted octanol–water partition coefficient (Wildman–Crippen LogP) is 1.96. The standard InChI is InChI=1S/C11H14F3N3O/c1-7-2-3-8(9(6-7)17-15)10(18)16-5-4-11(12,13)14/h2-3,6,17H,4-5,15H2,1H3,(H,16,18). The number of nitrogen functional groups attached to an aromatic ring is 1. The Balaban J connectivity index is 2.67. The first kappa shape index (κ1) is 14.3. The molecule has 0 aromatic heterocycles. The Labute approximate surface area is 102 Å². The first-order chi connectivity index (χ1) is 8.33. The third kappa shape index (κ3) is 4.25. The summed E-state index contributed by atoms with van der Waals surface area (Å²) in [7, 11) is 0. The van der Waals surface area contributed by atoms with Crippen molar-refractivity contribution < 1.29 is 18.0 Å². The van der Waals surface area contributed by atoms with Crippen LogP contribution in [0.1, 0.15) is 22.3 Å². The van der Waals surface area contributed by atoms with Crippen LogP contribution in [0.4, 0.5) is 18.9 Å². The maximum atomic E-state index is 11.9. The summed E-state index contributed by atoms with van der Waals surface area (Å²) in [6, 6.07) is 4.83. The van der Waals surface area contributed by atoms with E-state index in [1.807, 2.05) is 6.92 Å². The second-order valence-corrected chi connectivity index (χ2v) is 3.81. The Bertz CT molecular complexity index is 432. The van der Waals surface area contributed by atoms with Crippen LogP contribution >= 0.6 is 0 Å². The molecule has 0 bridgehead atoms. The van der Waals surface area contributed by atoms with Crippen LogP contribution in [-0.2, 0) is 0 Å². The van der Waals surface area contributed by atoms with Gasteiger partial charge in [-0.15, -0.1) is 0 Å². The number of anilines is 1. The van der Waals surface area contributed by atoms with Crippen LogP contribution in [0.3, 0.4) is 0 Å². The van der Waals surface area contributed by atoms with Crippen LogP contribution in [0.2, 0.25) is 0 Å². The van der Waals surface area contributed by atoms with Crippen LogP contribution in [0.25, 0.3) is 0 Å². The van der Waals surface area contributed by atoms with E-state index in [2.05, 4.69) is 10.7 Å². The topological polar surface area (TPSA) is 67.2 Å². The Morgan fingerprint density at radius 2 is 2.06 bits per heavy atom. The molecule has 4 N–H and O–H groups in total. The average molecular weight is 261 g/mol. The molecule has 7 heteroatoms. The smallest absolute Gasteiger partial charge is 0.352 e. The summed E-state index contributed by atoms with van der Waals surface area (Å²) in [6.45, 7) is 1.35. The summed E-state index contributed by atoms with van der Waals surface area (Å²) in [4.78, 5) is 11.6. The molecule has 0 heterocycles. The highest BCUT2D eigenvalue weighted by molar-refractivity contribution is 5.99. The lowest BCUT2D eigenvalue weighted by Gasteiger charge is -2.11. The van der Waals surface area contributed by atoms with Crippen LogP contribution in [0.15, 0.2) is 18.2 Å². The number of halogens is 3. The van der Waals surface area contributed by atoms with E-state index < -0.39 is 25.0 Å². The maximum Gasteiger partial charge on any atom is 0.390 e. The maximum absolute atomic E-state index is 11.9. The van der Waals surface area contributed by atoms with Gasteiger partial charge in [0.05, 0.1) is 17.7 Å². The molecule has 0 radical (unpaired) electrons. The van der Waals surface area contributed by atoms with E-state index in [-0.39, 0.29) is 5.56 Å². The molecule has 1 aromatic carbocycles. The van der Waals surface area contributed by atoms with Crippen molar-refractivity contribution in [2.45, 2.75) is 19.5 Å². The minimum atomic E-state index is -4.28. The van der Waals surface area contributed by atoms with Gasteiger partial charge < -0.3 is 10.7 Å². The van der Waals surface area contributed by atoms with E-state index in [0.717, 1.165) is 5.56 Å². The second kappa shape index (κ2) is 5.72. The molecule has 0 saturated heterocycles. The van der Waals surface area contributed by atoms with Gasteiger partial charge in [0.2, 0.25) is 0 Å². The molecule has 0 unspecified atom stereocenters. The fraction of sp³-hybridized carbons (Fsp3) is 0.364. The van der Waals surface area contributed by atoms with E-state index >= 15 is 0 Å². The number of hydrazine groups is 1. The van der Waals surface area contributed by atoms with Crippen molar-refractivity contribution in [3.63, 3.8) is 0 Å². The second-order valence-electron chi connectivity index (χ2n) is 3.81. The Kier molecular flexibility index (Phi) is 4.55. The number of carbonyl (C=O) groups is 1. The average Bonchev–Trinajstić information content (AvgIpc) is 2.26. The SMILES string of the molecule is Cc1ccc(C(=O)NCCC(F)(F)F)c(NN)c1. The molecule has 4 nitrogen and oxygen atoms in total. The van der Waals surface area contributed by atoms with Crippen molar-refractivity contribution in [1.29, 1.82) is 0 Å². The molecular formula is C11H14F3N3O. The molecular weight excluding hydrogens is 247 g/mol. The van der Waals surface area contributed by atoms with Gasteiger partial charge in [0.15, 0.2) is 0 Å². The molecule has 0 atom stereocenters. The van der Waals surface area contributed by atoms with Crippen molar-refractivity contribution in [3.05, 3.63) is 29.3 Å². The fourth-order valence-corrected chi connectivity index (χ4v) is 1.39. The molecule has 100 valence electrons. The van der Waals surface area contributed by atoms with E-state index in [4.69, 9.17) is 5.84 Å². The Morgan fingerprint density at radius 3 is 2.61 bits per heavy atom. The lowest BCUT2D eigenvalue weighted by Crippen LogP contribution is -2.29. The first-order valence-corrected chi connectivity index (χ1v) is 5.25. The molecule has 0 saturated carbocycles. The minimum Gasteiger partial charge on any atom is -0.352 e. The van der Waals surface area contributed by atoms with Gasteiger partial charge in [-0.3, -0.25) is 10.6 Å². The molecule has 18 heavy (non-hydrogen) atoms. The van der Waals surface area contributed by atoms with E-state index in [9.17, 15) is 18.0 Å². The summed E-state index contributed by atoms with van der Waals surface area (Å²) in [5, 5.41) is 2.20. The third-order valence-electron chi connectivity index (χ3n) is 2.27. The highest BCUT2D eigenvalue weighted by Crippen LogP contribution is 2.19. The van der Waals surface area contributed by atoms with Gasteiger partial charge in [0.25, 0.3) is 5.91 Å². The normalized spacial score (nSPS) is 11.2. The summed E-state index contributed by atoms with van der Waals surface area (Å²) < 4.78 is 35.8. The number of hydrogen-bond acceptors (Lipinski definition) is 3. The number of alkyl halides is 3. The van der Waals surface area contributed by atoms with Crippen molar-refractivity contribution in [2.24, 2.45) is 5.84 Å². The number of carbonyl (C=O) groups excluding carboxylic acids is 1. The summed E-state index contributed by atoms with van der Waals surface area (Å²) in [5.74, 6) is 4.65. The molecule has 1 amide bonds. The summed E-state index contributed by atoms with van der Waals surface area (Å²) in [5.41, 5.74) is 3.81. The largest absolute Gasteiger partial charge is 0.390 e. The quantitative estimate of drug-likeness (QED) is 0.573. The fourth-order valence-electron chi connectivity index (χ4n) is 1.39. The van der Waals surface area contributed by atoms with Crippen molar-refractivity contribution in [1.82, 2.24) is 5.32 Å². The number of benzene rings is 1. The highest BCUT2D eigenvalue weighted by atomic mass is 19.4. The van der Waals surface area contributed by atoms with E-state index in [0.29, 0.717) is 5.69 Å². The van der Waals surface area contributed by atoms with Crippen LogP contribution in [0, 0.1) is 6.92 Å². The molecule has 0 aliphatic heterocycles. The Hall–Kier alpha value is -1.76. The number of amides is 1. The highest BCUT2D eigenvalue weighted by Gasteiger charge is 2.26. The number of hydrogen-bond donors (Lipinski definition) is 3. The van der Waals surface area contributed by atoms with Gasteiger partial charge in [-0.05, 0) is 24.6 Å². The van der Waals surface area contributed by atoms with Gasteiger partial charge in [-0.2, -0.15) is 13.2 Å². The van der Waals surface area contributed by atoms with Gasteiger partial charge in [0.1, 0.15) is 0 Å². The summed E-state index contributed by atoms with van der Waals surface area (Å²) in [6.07, 6.45) is -5.34. The molecule has 0 aliphatic carbocycles. The van der Waals surface area contributed by atoms with Crippen molar-refractivity contribution >= 4 is 11.6 Å². The zero-order chi connectivity index (χ0) is 13.8. The lowest BCUT2D eigenvalue weighted by atomic mass is 10.1. The number of rotatable bonds is 4. The lowest BCUT2D eigenvalue weighted by molar-refractivity contribution is -0.132. The van der Waals surface area contributed by atoms with Crippen molar-refractivity contribution in [3.8, 4) is 0 Å². The molecule has 1 aromatic rings. The van der Waals surface area contributed by atoms with Crippen molar-refractivity contribution in [2.75, 3.05) is 12.0 Å². The number of aryl methyl sites for hydroxylation is 1. The van der Waals surface area contributed by atoms with Gasteiger partial charge in [-0.1, -0.05) is 6.07 Å². The zero-order valence-corrected chi connectivity index (χ0v) is 9.77. The van der Waals surface area contributed by atoms with Crippen LogP contribution in [0.5, 0.6) is 0 Å².